The average molecular weight is 384 g/mol. The highest BCUT2D eigenvalue weighted by Gasteiger charge is 2.25. The first-order chi connectivity index (χ1) is 12.5. The van der Waals surface area contributed by atoms with E-state index in [4.69, 9.17) is 4.74 Å². The van der Waals surface area contributed by atoms with Gasteiger partial charge in [0.25, 0.3) is 5.91 Å². The Hall–Kier alpha value is -1.64. The number of methoxy groups -OCH3 is 1. The predicted molar refractivity (Wildman–Crippen MR) is 103 cm³/mol. The number of para-hydroxylation sites is 1. The van der Waals surface area contributed by atoms with E-state index in [9.17, 15) is 13.2 Å². The van der Waals surface area contributed by atoms with Crippen molar-refractivity contribution in [1.82, 2.24) is 10.0 Å². The van der Waals surface area contributed by atoms with Gasteiger partial charge >= 0.3 is 0 Å². The number of nitrogens with one attached hydrogen (secondary N) is 2. The molecule has 1 saturated heterocycles. The Morgan fingerprint density at radius 3 is 2.62 bits per heavy atom. The second kappa shape index (κ2) is 9.89. The molecule has 2 rings (SSSR count). The van der Waals surface area contributed by atoms with Gasteiger partial charge in [-0.3, -0.25) is 4.79 Å². The van der Waals surface area contributed by atoms with Crippen molar-refractivity contribution in [2.45, 2.75) is 32.2 Å². The van der Waals surface area contributed by atoms with Crippen molar-refractivity contribution in [1.29, 1.82) is 0 Å². The van der Waals surface area contributed by atoms with Gasteiger partial charge in [0.15, 0.2) is 0 Å². The zero-order valence-corrected chi connectivity index (χ0v) is 16.3. The minimum absolute atomic E-state index is 0.0359. The molecule has 0 saturated carbocycles. The molecular formula is C18H29N3O4S. The molecule has 0 atom stereocenters. The van der Waals surface area contributed by atoms with Crippen molar-refractivity contribution >= 4 is 21.6 Å². The Kier molecular flexibility index (Phi) is 7.86. The summed E-state index contributed by atoms with van der Waals surface area (Å²) >= 11 is 0. The molecular weight excluding hydrogens is 354 g/mol. The number of carbonyl (C=O) groups is 1. The van der Waals surface area contributed by atoms with Crippen LogP contribution in [0, 0.1) is 0 Å². The van der Waals surface area contributed by atoms with E-state index in [0.717, 1.165) is 24.9 Å². The van der Waals surface area contributed by atoms with Gasteiger partial charge in [0.1, 0.15) is 0 Å². The molecule has 0 aliphatic carbocycles. The maximum Gasteiger partial charge on any atom is 0.253 e. The minimum Gasteiger partial charge on any atom is -0.385 e. The summed E-state index contributed by atoms with van der Waals surface area (Å²) in [6.07, 6.45) is 2.22. The molecule has 26 heavy (non-hydrogen) atoms. The van der Waals surface area contributed by atoms with Crippen LogP contribution in [0.15, 0.2) is 24.3 Å². The molecule has 1 fully saturated rings. The molecule has 146 valence electrons. The number of rotatable bonds is 9. The van der Waals surface area contributed by atoms with E-state index in [-0.39, 0.29) is 17.7 Å². The molecule has 0 spiro atoms. The first-order valence-electron chi connectivity index (χ1n) is 9.08. The Morgan fingerprint density at radius 2 is 1.96 bits per heavy atom. The number of anilines is 1. The maximum absolute atomic E-state index is 12.5. The number of sulfonamides is 1. The van der Waals surface area contributed by atoms with E-state index < -0.39 is 10.0 Å². The van der Waals surface area contributed by atoms with Crippen LogP contribution in [-0.2, 0) is 14.8 Å². The van der Waals surface area contributed by atoms with Crippen molar-refractivity contribution in [3.63, 3.8) is 0 Å². The lowest BCUT2D eigenvalue weighted by atomic mass is 10.0. The van der Waals surface area contributed by atoms with Crippen LogP contribution in [0.4, 0.5) is 5.69 Å². The lowest BCUT2D eigenvalue weighted by molar-refractivity contribution is 0.0949. The molecule has 1 heterocycles. The third kappa shape index (κ3) is 5.96. The highest BCUT2D eigenvalue weighted by molar-refractivity contribution is 7.89. The normalized spacial score (nSPS) is 15.8. The SMILES string of the molecule is CCS(=O)(=O)NC1CCN(c2ccccc2C(=O)NCCCOC)CC1. The summed E-state index contributed by atoms with van der Waals surface area (Å²) in [7, 11) is -1.54. The number of ether oxygens (including phenoxy) is 1. The molecule has 7 nitrogen and oxygen atoms in total. The van der Waals surface area contributed by atoms with Crippen LogP contribution in [0.1, 0.15) is 36.5 Å². The van der Waals surface area contributed by atoms with Crippen LogP contribution in [0.2, 0.25) is 0 Å². The fourth-order valence-electron chi connectivity index (χ4n) is 3.03. The van der Waals surface area contributed by atoms with Crippen LogP contribution < -0.4 is 14.9 Å². The molecule has 0 bridgehead atoms. The summed E-state index contributed by atoms with van der Waals surface area (Å²) in [5.74, 6) is 0.00440. The predicted octanol–water partition coefficient (Wildman–Crippen LogP) is 1.36. The number of amides is 1. The number of carbonyl (C=O) groups excluding carboxylic acids is 1. The minimum atomic E-state index is -3.18. The zero-order valence-electron chi connectivity index (χ0n) is 15.5. The second-order valence-corrected chi connectivity index (χ2v) is 8.44. The summed E-state index contributed by atoms with van der Waals surface area (Å²) in [6, 6.07) is 7.51. The highest BCUT2D eigenvalue weighted by Crippen LogP contribution is 2.24. The molecule has 1 aliphatic heterocycles. The van der Waals surface area contributed by atoms with Gasteiger partial charge in [0.05, 0.1) is 11.3 Å². The lowest BCUT2D eigenvalue weighted by Crippen LogP contribution is -2.45. The lowest BCUT2D eigenvalue weighted by Gasteiger charge is -2.34. The molecule has 1 aromatic carbocycles. The maximum atomic E-state index is 12.5. The van der Waals surface area contributed by atoms with Crippen LogP contribution in [0.25, 0.3) is 0 Å². The Balaban J connectivity index is 1.97. The molecule has 0 aromatic heterocycles. The molecule has 0 unspecified atom stereocenters. The van der Waals surface area contributed by atoms with E-state index in [1.54, 1.807) is 14.0 Å². The molecule has 1 aromatic rings. The third-order valence-electron chi connectivity index (χ3n) is 4.52. The number of nitrogens with zero attached hydrogens (tertiary/aromatic N) is 1. The van der Waals surface area contributed by atoms with E-state index >= 15 is 0 Å². The molecule has 1 amide bonds. The first kappa shape index (κ1) is 20.7. The van der Waals surface area contributed by atoms with Crippen LogP contribution >= 0.6 is 0 Å². The monoisotopic (exact) mass is 383 g/mol. The van der Waals surface area contributed by atoms with E-state index in [1.165, 1.54) is 0 Å². The van der Waals surface area contributed by atoms with Gasteiger partial charge in [-0.2, -0.15) is 0 Å². The summed E-state index contributed by atoms with van der Waals surface area (Å²) in [6.45, 7) is 4.25. The Morgan fingerprint density at radius 1 is 1.27 bits per heavy atom. The number of piperidine rings is 1. The average Bonchev–Trinajstić information content (AvgIpc) is 2.65. The van der Waals surface area contributed by atoms with Crippen molar-refractivity contribution < 1.29 is 17.9 Å². The van der Waals surface area contributed by atoms with Crippen molar-refractivity contribution in [3.8, 4) is 0 Å². The Labute approximate surface area is 156 Å². The number of hydrogen-bond acceptors (Lipinski definition) is 5. The zero-order chi connectivity index (χ0) is 19.0. The van der Waals surface area contributed by atoms with Crippen LogP contribution in [0.3, 0.4) is 0 Å². The smallest absolute Gasteiger partial charge is 0.253 e. The molecule has 1 aliphatic rings. The topological polar surface area (TPSA) is 87.7 Å². The van der Waals surface area contributed by atoms with Gasteiger partial charge in [-0.1, -0.05) is 12.1 Å². The van der Waals surface area contributed by atoms with Gasteiger partial charge in [-0.25, -0.2) is 13.1 Å². The van der Waals surface area contributed by atoms with Crippen molar-refractivity contribution in [2.75, 3.05) is 44.0 Å². The van der Waals surface area contributed by atoms with Gasteiger partial charge < -0.3 is 15.0 Å². The van der Waals surface area contributed by atoms with Crippen LogP contribution in [-0.4, -0.2) is 59.5 Å². The van der Waals surface area contributed by atoms with E-state index in [2.05, 4.69) is 14.9 Å². The standard InChI is InChI=1S/C18H29N3O4S/c1-3-26(23,24)20-15-9-12-21(13-10-15)17-8-5-4-7-16(17)18(22)19-11-6-14-25-2/h4-5,7-8,15,20H,3,6,9-14H2,1-2H3,(H,19,22). The number of benzene rings is 1. The van der Waals surface area contributed by atoms with Crippen molar-refractivity contribution in [2.24, 2.45) is 0 Å². The number of hydrogen-bond donors (Lipinski definition) is 2. The summed E-state index contributed by atoms with van der Waals surface area (Å²) in [5, 5.41) is 2.92. The van der Waals surface area contributed by atoms with Gasteiger partial charge in [-0.05, 0) is 38.3 Å². The van der Waals surface area contributed by atoms with Gasteiger partial charge in [-0.15, -0.1) is 0 Å². The summed E-state index contributed by atoms with van der Waals surface area (Å²) < 4.78 is 31.2. The van der Waals surface area contributed by atoms with E-state index in [0.29, 0.717) is 31.8 Å². The second-order valence-electron chi connectivity index (χ2n) is 6.40. The highest BCUT2D eigenvalue weighted by atomic mass is 32.2. The third-order valence-corrected chi connectivity index (χ3v) is 5.97. The molecule has 0 radical (unpaired) electrons. The molecule has 8 heteroatoms. The van der Waals surface area contributed by atoms with E-state index in [1.807, 2.05) is 24.3 Å². The fraction of sp³-hybridized carbons (Fsp3) is 0.611. The summed E-state index contributed by atoms with van der Waals surface area (Å²) in [5.41, 5.74) is 1.55. The molecule has 2 N–H and O–H groups in total. The fourth-order valence-corrected chi connectivity index (χ4v) is 3.94. The quantitative estimate of drug-likeness (QED) is 0.629. The van der Waals surface area contributed by atoms with Gasteiger partial charge in [0, 0.05) is 45.1 Å². The van der Waals surface area contributed by atoms with Crippen molar-refractivity contribution in [3.05, 3.63) is 29.8 Å². The van der Waals surface area contributed by atoms with Gasteiger partial charge in [0.2, 0.25) is 10.0 Å². The first-order valence-corrected chi connectivity index (χ1v) is 10.7. The summed E-state index contributed by atoms with van der Waals surface area (Å²) in [4.78, 5) is 14.6. The Bertz CT molecular complexity index is 685. The largest absolute Gasteiger partial charge is 0.385 e. The van der Waals surface area contributed by atoms with Crippen LogP contribution in [0.5, 0.6) is 0 Å².